The first-order valence-electron chi connectivity index (χ1n) is 12.1. The molecule has 1 heterocycles. The van der Waals surface area contributed by atoms with E-state index < -0.39 is 0 Å². The first kappa shape index (κ1) is 25.5. The molecule has 186 valence electrons. The third kappa shape index (κ3) is 6.55. The summed E-state index contributed by atoms with van der Waals surface area (Å²) in [7, 11) is 0. The smallest absolute Gasteiger partial charge is 0.234 e. The third-order valence-electron chi connectivity index (χ3n) is 5.76. The van der Waals surface area contributed by atoms with Gasteiger partial charge in [0.1, 0.15) is 12.4 Å². The standard InChI is InChI=1S/C29H32N4O2S/c1-5-33-27(22-11-13-23(14-12-22)29(2,3)4)31-32-28(33)36-20-26(34)30-24-15-17-25(18-16-24)35-19-21-9-7-6-8-10-21/h6-18H,5,19-20H2,1-4H3,(H,30,34). The van der Waals surface area contributed by atoms with Crippen molar-refractivity contribution in [1.29, 1.82) is 0 Å². The first-order chi connectivity index (χ1) is 17.3. The minimum absolute atomic E-state index is 0.0975. The molecule has 0 atom stereocenters. The van der Waals surface area contributed by atoms with Gasteiger partial charge in [-0.25, -0.2) is 0 Å². The molecular weight excluding hydrogens is 468 g/mol. The number of anilines is 1. The molecule has 6 nitrogen and oxygen atoms in total. The molecule has 4 rings (SSSR count). The fourth-order valence-corrected chi connectivity index (χ4v) is 4.52. The van der Waals surface area contributed by atoms with Crippen molar-refractivity contribution in [2.45, 2.75) is 51.4 Å². The molecule has 0 aliphatic heterocycles. The number of nitrogens with one attached hydrogen (secondary N) is 1. The number of rotatable bonds is 9. The van der Waals surface area contributed by atoms with E-state index in [4.69, 9.17) is 4.74 Å². The summed E-state index contributed by atoms with van der Waals surface area (Å²) >= 11 is 1.38. The average Bonchev–Trinajstić information content (AvgIpc) is 3.30. The second-order valence-electron chi connectivity index (χ2n) is 9.51. The number of aromatic nitrogens is 3. The van der Waals surface area contributed by atoms with Gasteiger partial charge >= 0.3 is 0 Å². The molecule has 0 radical (unpaired) electrons. The third-order valence-corrected chi connectivity index (χ3v) is 6.73. The molecule has 0 saturated heterocycles. The lowest BCUT2D eigenvalue weighted by molar-refractivity contribution is -0.113. The van der Waals surface area contributed by atoms with Gasteiger partial charge in [-0.05, 0) is 47.7 Å². The number of hydrogen-bond donors (Lipinski definition) is 1. The first-order valence-corrected chi connectivity index (χ1v) is 13.1. The molecule has 3 aromatic carbocycles. The van der Waals surface area contributed by atoms with Gasteiger partial charge in [0.25, 0.3) is 0 Å². The van der Waals surface area contributed by atoms with Crippen LogP contribution in [0, 0.1) is 0 Å². The number of benzene rings is 3. The maximum Gasteiger partial charge on any atom is 0.234 e. The summed E-state index contributed by atoms with van der Waals surface area (Å²) in [5.74, 6) is 1.71. The highest BCUT2D eigenvalue weighted by Crippen LogP contribution is 2.28. The zero-order valence-electron chi connectivity index (χ0n) is 21.2. The van der Waals surface area contributed by atoms with Gasteiger partial charge in [-0.1, -0.05) is 87.1 Å². The Hall–Kier alpha value is -3.58. The summed E-state index contributed by atoms with van der Waals surface area (Å²) in [6, 6.07) is 25.9. The summed E-state index contributed by atoms with van der Waals surface area (Å²) in [5, 5.41) is 12.4. The molecule has 7 heteroatoms. The van der Waals surface area contributed by atoms with Crippen LogP contribution in [0.5, 0.6) is 5.75 Å². The van der Waals surface area contributed by atoms with Crippen molar-refractivity contribution in [3.8, 4) is 17.1 Å². The van der Waals surface area contributed by atoms with Crippen molar-refractivity contribution in [3.05, 3.63) is 90.0 Å². The fraction of sp³-hybridized carbons (Fsp3) is 0.276. The van der Waals surface area contributed by atoms with Crippen LogP contribution in [0.2, 0.25) is 0 Å². The Morgan fingerprint density at radius 2 is 1.64 bits per heavy atom. The van der Waals surface area contributed by atoms with Crippen molar-refractivity contribution in [3.63, 3.8) is 0 Å². The second-order valence-corrected chi connectivity index (χ2v) is 10.5. The van der Waals surface area contributed by atoms with Crippen LogP contribution < -0.4 is 10.1 Å². The molecule has 0 aliphatic carbocycles. The summed E-state index contributed by atoms with van der Waals surface area (Å²) < 4.78 is 7.85. The van der Waals surface area contributed by atoms with E-state index in [9.17, 15) is 4.79 Å². The Kier molecular flexibility index (Phi) is 8.10. The van der Waals surface area contributed by atoms with Gasteiger partial charge in [0.2, 0.25) is 5.91 Å². The summed E-state index contributed by atoms with van der Waals surface area (Å²) in [5.41, 5.74) is 4.22. The quantitative estimate of drug-likeness (QED) is 0.263. The molecule has 4 aromatic rings. The Bertz CT molecular complexity index is 1280. The van der Waals surface area contributed by atoms with E-state index in [2.05, 4.69) is 67.5 Å². The van der Waals surface area contributed by atoms with Crippen molar-refractivity contribution in [2.24, 2.45) is 0 Å². The maximum atomic E-state index is 12.6. The minimum atomic E-state index is -0.0975. The second kappa shape index (κ2) is 11.4. The highest BCUT2D eigenvalue weighted by atomic mass is 32.2. The van der Waals surface area contributed by atoms with Crippen LogP contribution in [0.4, 0.5) is 5.69 Å². The Morgan fingerprint density at radius 3 is 2.28 bits per heavy atom. The van der Waals surface area contributed by atoms with Crippen molar-refractivity contribution in [2.75, 3.05) is 11.1 Å². The van der Waals surface area contributed by atoms with E-state index in [1.807, 2.05) is 59.2 Å². The number of amides is 1. The molecule has 1 N–H and O–H groups in total. The van der Waals surface area contributed by atoms with Gasteiger partial charge < -0.3 is 14.6 Å². The van der Waals surface area contributed by atoms with Gasteiger partial charge in [-0.2, -0.15) is 0 Å². The lowest BCUT2D eigenvalue weighted by atomic mass is 9.87. The number of hydrogen-bond acceptors (Lipinski definition) is 5. The molecule has 0 saturated carbocycles. The normalized spacial score (nSPS) is 11.3. The van der Waals surface area contributed by atoms with E-state index in [0.717, 1.165) is 40.1 Å². The lowest BCUT2D eigenvalue weighted by Gasteiger charge is -2.19. The molecule has 36 heavy (non-hydrogen) atoms. The van der Waals surface area contributed by atoms with Crippen LogP contribution in [0.25, 0.3) is 11.4 Å². The molecule has 0 bridgehead atoms. The van der Waals surface area contributed by atoms with Crippen LogP contribution in [0.15, 0.2) is 84.0 Å². The van der Waals surface area contributed by atoms with E-state index in [1.165, 1.54) is 17.3 Å². The van der Waals surface area contributed by atoms with Crippen LogP contribution in [0.1, 0.15) is 38.8 Å². The van der Waals surface area contributed by atoms with Gasteiger partial charge in [0.05, 0.1) is 5.75 Å². The SMILES string of the molecule is CCn1c(SCC(=O)Nc2ccc(OCc3ccccc3)cc2)nnc1-c1ccc(C(C)(C)C)cc1. The maximum absolute atomic E-state index is 12.6. The highest BCUT2D eigenvalue weighted by Gasteiger charge is 2.17. The van der Waals surface area contributed by atoms with E-state index in [1.54, 1.807) is 0 Å². The van der Waals surface area contributed by atoms with Crippen LogP contribution >= 0.6 is 11.8 Å². The van der Waals surface area contributed by atoms with Gasteiger partial charge in [-0.3, -0.25) is 4.79 Å². The zero-order chi connectivity index (χ0) is 25.5. The fourth-order valence-electron chi connectivity index (χ4n) is 3.72. The summed E-state index contributed by atoms with van der Waals surface area (Å²) in [6.07, 6.45) is 0. The van der Waals surface area contributed by atoms with E-state index in [-0.39, 0.29) is 17.1 Å². The lowest BCUT2D eigenvalue weighted by Crippen LogP contribution is -2.14. The topological polar surface area (TPSA) is 69.0 Å². The van der Waals surface area contributed by atoms with Crippen molar-refractivity contribution in [1.82, 2.24) is 14.8 Å². The highest BCUT2D eigenvalue weighted by molar-refractivity contribution is 7.99. The Balaban J connectivity index is 1.32. The number of nitrogens with zero attached hydrogens (tertiary/aromatic N) is 3. The molecular formula is C29H32N4O2S. The van der Waals surface area contributed by atoms with Gasteiger partial charge in [0, 0.05) is 17.8 Å². The zero-order valence-corrected chi connectivity index (χ0v) is 22.0. The predicted octanol–water partition coefficient (Wildman–Crippen LogP) is 6.57. The monoisotopic (exact) mass is 500 g/mol. The molecule has 0 spiro atoms. The number of thioether (sulfide) groups is 1. The van der Waals surface area contributed by atoms with Crippen LogP contribution in [-0.2, 0) is 23.4 Å². The van der Waals surface area contributed by atoms with E-state index >= 15 is 0 Å². The van der Waals surface area contributed by atoms with Crippen LogP contribution in [0.3, 0.4) is 0 Å². The summed E-state index contributed by atoms with van der Waals surface area (Å²) in [4.78, 5) is 12.6. The van der Waals surface area contributed by atoms with Crippen LogP contribution in [-0.4, -0.2) is 26.4 Å². The minimum Gasteiger partial charge on any atom is -0.489 e. The largest absolute Gasteiger partial charge is 0.489 e. The van der Waals surface area contributed by atoms with Gasteiger partial charge in [0.15, 0.2) is 11.0 Å². The average molecular weight is 501 g/mol. The molecule has 0 unspecified atom stereocenters. The molecule has 0 fully saturated rings. The Morgan fingerprint density at radius 1 is 0.944 bits per heavy atom. The molecule has 1 aromatic heterocycles. The predicted molar refractivity (Wildman–Crippen MR) is 146 cm³/mol. The summed E-state index contributed by atoms with van der Waals surface area (Å²) in [6.45, 7) is 9.88. The van der Waals surface area contributed by atoms with Crippen molar-refractivity contribution >= 4 is 23.4 Å². The number of ether oxygens (including phenoxy) is 1. The van der Waals surface area contributed by atoms with Gasteiger partial charge in [-0.15, -0.1) is 10.2 Å². The molecule has 1 amide bonds. The number of carbonyl (C=O) groups is 1. The van der Waals surface area contributed by atoms with E-state index in [0.29, 0.717) is 6.61 Å². The number of carbonyl (C=O) groups excluding carboxylic acids is 1. The Labute approximate surface area is 217 Å². The molecule has 0 aliphatic rings. The van der Waals surface area contributed by atoms with Crippen molar-refractivity contribution < 1.29 is 9.53 Å².